The summed E-state index contributed by atoms with van der Waals surface area (Å²) < 4.78 is 53.4. The van der Waals surface area contributed by atoms with Gasteiger partial charge in [-0.05, 0) is 62.9 Å². The van der Waals surface area contributed by atoms with Gasteiger partial charge in [0.05, 0.1) is 35.8 Å². The number of halogens is 1. The van der Waals surface area contributed by atoms with Crippen LogP contribution in [0.2, 0.25) is 0 Å². The Balaban J connectivity index is 2.06. The van der Waals surface area contributed by atoms with Crippen LogP contribution in [0.1, 0.15) is 84.4 Å². The summed E-state index contributed by atoms with van der Waals surface area (Å²) in [5.41, 5.74) is 2.70. The molecular formula is C29H41FN4O5S. The molecule has 0 saturated carbocycles. The van der Waals surface area contributed by atoms with Gasteiger partial charge in [-0.15, -0.1) is 0 Å². The monoisotopic (exact) mass is 576 g/mol. The lowest BCUT2D eigenvalue weighted by Gasteiger charge is -2.41. The first-order valence-corrected chi connectivity index (χ1v) is 15.4. The van der Waals surface area contributed by atoms with Crippen LogP contribution in [0.4, 0.5) is 10.3 Å². The third kappa shape index (κ3) is 8.31. The molecular weight excluding hydrogens is 535 g/mol. The smallest absolute Gasteiger partial charge is 0.237 e. The van der Waals surface area contributed by atoms with Crippen LogP contribution in [0, 0.1) is 5.82 Å². The molecule has 0 radical (unpaired) electrons. The van der Waals surface area contributed by atoms with E-state index in [2.05, 4.69) is 33.5 Å². The molecule has 0 spiro atoms. The molecule has 9 nitrogen and oxygen atoms in total. The number of amides is 1. The molecule has 1 aromatic carbocycles. The third-order valence-electron chi connectivity index (χ3n) is 6.56. The lowest BCUT2D eigenvalue weighted by molar-refractivity contribution is -0.287. The summed E-state index contributed by atoms with van der Waals surface area (Å²) in [4.78, 5) is 21.7. The lowest BCUT2D eigenvalue weighted by Crippen LogP contribution is -2.46. The summed E-state index contributed by atoms with van der Waals surface area (Å²) in [6.45, 7) is 16.0. The van der Waals surface area contributed by atoms with E-state index in [0.29, 0.717) is 41.1 Å². The van der Waals surface area contributed by atoms with Gasteiger partial charge in [0, 0.05) is 24.1 Å². The molecule has 1 aromatic heterocycles. The van der Waals surface area contributed by atoms with Crippen LogP contribution in [-0.4, -0.2) is 54.6 Å². The molecule has 0 bridgehead atoms. The molecule has 1 fully saturated rings. The van der Waals surface area contributed by atoms with Crippen LogP contribution in [0.5, 0.6) is 0 Å². The van der Waals surface area contributed by atoms with Gasteiger partial charge in [0.25, 0.3) is 0 Å². The molecule has 2 atom stereocenters. The molecule has 1 aliphatic rings. The van der Waals surface area contributed by atoms with Gasteiger partial charge in [0.15, 0.2) is 5.79 Å². The topological polar surface area (TPSA) is 120 Å². The van der Waals surface area contributed by atoms with Gasteiger partial charge in [-0.25, -0.2) is 22.8 Å². The summed E-state index contributed by atoms with van der Waals surface area (Å²) >= 11 is 0. The molecule has 40 heavy (non-hydrogen) atoms. The van der Waals surface area contributed by atoms with Crippen LogP contribution in [-0.2, 0) is 24.3 Å². The molecule has 220 valence electrons. The first kappa shape index (κ1) is 31.6. The molecule has 2 N–H and O–H groups in total. The summed E-state index contributed by atoms with van der Waals surface area (Å²) in [7, 11) is -3.65. The van der Waals surface area contributed by atoms with Crippen LogP contribution in [0.15, 0.2) is 30.8 Å². The van der Waals surface area contributed by atoms with Gasteiger partial charge in [0.2, 0.25) is 21.9 Å². The molecule has 1 amide bonds. The van der Waals surface area contributed by atoms with Gasteiger partial charge in [-0.2, -0.15) is 0 Å². The second kappa shape index (κ2) is 13.2. The van der Waals surface area contributed by atoms with Crippen molar-refractivity contribution in [3.8, 4) is 11.3 Å². The zero-order chi connectivity index (χ0) is 29.7. The highest BCUT2D eigenvalue weighted by atomic mass is 32.2. The van der Waals surface area contributed by atoms with Crippen molar-refractivity contribution >= 4 is 27.5 Å². The van der Waals surface area contributed by atoms with Crippen molar-refractivity contribution < 1.29 is 27.1 Å². The van der Waals surface area contributed by atoms with E-state index in [-0.39, 0.29) is 29.9 Å². The summed E-state index contributed by atoms with van der Waals surface area (Å²) in [6, 6.07) is 5.79. The zero-order valence-corrected chi connectivity index (χ0v) is 25.0. The van der Waals surface area contributed by atoms with E-state index >= 15 is 0 Å². The largest absolute Gasteiger partial charge is 0.356 e. The fourth-order valence-electron chi connectivity index (χ4n) is 4.58. The minimum atomic E-state index is -3.65. The molecule has 2 aromatic rings. The van der Waals surface area contributed by atoms with Crippen LogP contribution < -0.4 is 10.0 Å². The number of unbranched alkanes of at least 4 members (excludes halogenated alkanes) is 1. The number of benzene rings is 1. The number of anilines is 1. The van der Waals surface area contributed by atoms with Crippen LogP contribution >= 0.6 is 0 Å². The number of aromatic nitrogens is 2. The standard InChI is InChI=1S/C29H41FN4O5S/c1-8-10-15-31-24(35)17-22-16-23(39-29(6,7)38-22)19(5)25-26(18(3)4)32-28(34-40(36,37)9-2)33-27(25)20-11-13-21(30)14-12-20/h11-14,18,22-23H,5,8-10,15-17H2,1-4,6-7H3,(H,31,35)(H,32,33,34)/t22-,23+/m1/s1. The fraction of sp³-hybridized carbons (Fsp3) is 0.552. The fourth-order valence-corrected chi connectivity index (χ4v) is 5.09. The predicted molar refractivity (Wildman–Crippen MR) is 155 cm³/mol. The van der Waals surface area contributed by atoms with Crippen molar-refractivity contribution in [2.24, 2.45) is 0 Å². The lowest BCUT2D eigenvalue weighted by atomic mass is 9.88. The van der Waals surface area contributed by atoms with Crippen molar-refractivity contribution in [3.05, 3.63) is 47.9 Å². The maximum atomic E-state index is 13.8. The Hall–Kier alpha value is -2.89. The van der Waals surface area contributed by atoms with E-state index in [1.807, 2.05) is 13.8 Å². The maximum Gasteiger partial charge on any atom is 0.237 e. The highest BCUT2D eigenvalue weighted by Crippen LogP contribution is 2.40. The second-order valence-corrected chi connectivity index (χ2v) is 12.7. The first-order valence-electron chi connectivity index (χ1n) is 13.7. The Morgan fingerprint density at radius 1 is 1.18 bits per heavy atom. The minimum absolute atomic E-state index is 0.0729. The molecule has 1 saturated heterocycles. The Kier molecular flexibility index (Phi) is 10.4. The van der Waals surface area contributed by atoms with Crippen molar-refractivity contribution in [1.82, 2.24) is 15.3 Å². The van der Waals surface area contributed by atoms with Gasteiger partial charge < -0.3 is 14.8 Å². The molecule has 0 aliphatic carbocycles. The minimum Gasteiger partial charge on any atom is -0.356 e. The number of nitrogens with zero attached hydrogens (tertiary/aromatic N) is 2. The first-order chi connectivity index (χ1) is 18.7. The van der Waals surface area contributed by atoms with Gasteiger partial charge in [-0.1, -0.05) is 33.8 Å². The van der Waals surface area contributed by atoms with Crippen LogP contribution in [0.25, 0.3) is 16.8 Å². The quantitative estimate of drug-likeness (QED) is 0.325. The predicted octanol–water partition coefficient (Wildman–Crippen LogP) is 5.40. The van der Waals surface area contributed by atoms with Crippen molar-refractivity contribution in [2.45, 2.75) is 91.1 Å². The number of ether oxygens (including phenoxy) is 2. The average molecular weight is 577 g/mol. The normalized spacial score (nSPS) is 18.9. The molecule has 0 unspecified atom stereocenters. The Labute approximate surface area is 237 Å². The number of hydrogen-bond acceptors (Lipinski definition) is 7. The summed E-state index contributed by atoms with van der Waals surface area (Å²) in [5.74, 6) is -1.86. The van der Waals surface area contributed by atoms with E-state index in [0.717, 1.165) is 12.8 Å². The Morgan fingerprint density at radius 2 is 1.85 bits per heavy atom. The summed E-state index contributed by atoms with van der Waals surface area (Å²) in [6.07, 6.45) is 1.47. The number of nitrogens with one attached hydrogen (secondary N) is 2. The molecule has 3 rings (SSSR count). The summed E-state index contributed by atoms with van der Waals surface area (Å²) in [5, 5.41) is 2.93. The van der Waals surface area contributed by atoms with E-state index in [1.165, 1.54) is 19.1 Å². The van der Waals surface area contributed by atoms with Crippen molar-refractivity contribution in [2.75, 3.05) is 17.0 Å². The number of carbonyl (C=O) groups is 1. The average Bonchev–Trinajstić information content (AvgIpc) is 2.87. The molecule has 1 aliphatic heterocycles. The van der Waals surface area contributed by atoms with Gasteiger partial charge in [-0.3, -0.25) is 9.52 Å². The molecule has 11 heteroatoms. The highest BCUT2D eigenvalue weighted by Gasteiger charge is 2.39. The number of hydrogen-bond donors (Lipinski definition) is 2. The number of carbonyl (C=O) groups excluding carboxylic acids is 1. The van der Waals surface area contributed by atoms with Crippen molar-refractivity contribution in [3.63, 3.8) is 0 Å². The maximum absolute atomic E-state index is 13.8. The SMILES string of the molecule is C=C(c1c(-c2ccc(F)cc2)nc(NS(=O)(=O)CC)nc1C(C)C)[C@@H]1C[C@H](CC(=O)NCCCC)OC(C)(C)O1. The van der Waals surface area contributed by atoms with Gasteiger partial charge >= 0.3 is 0 Å². The zero-order valence-electron chi connectivity index (χ0n) is 24.2. The Morgan fingerprint density at radius 3 is 2.45 bits per heavy atom. The van der Waals surface area contributed by atoms with E-state index in [1.54, 1.807) is 26.0 Å². The van der Waals surface area contributed by atoms with Gasteiger partial charge in [0.1, 0.15) is 5.82 Å². The highest BCUT2D eigenvalue weighted by molar-refractivity contribution is 7.92. The Bertz CT molecular complexity index is 1310. The van der Waals surface area contributed by atoms with Crippen molar-refractivity contribution in [1.29, 1.82) is 0 Å². The second-order valence-electron chi connectivity index (χ2n) is 10.7. The third-order valence-corrected chi connectivity index (χ3v) is 7.81. The van der Waals surface area contributed by atoms with E-state index in [9.17, 15) is 17.6 Å². The van der Waals surface area contributed by atoms with Crippen LogP contribution in [0.3, 0.4) is 0 Å². The van der Waals surface area contributed by atoms with E-state index in [4.69, 9.17) is 9.47 Å². The number of sulfonamides is 1. The molecule has 2 heterocycles. The van der Waals surface area contributed by atoms with E-state index < -0.39 is 33.8 Å². The number of rotatable bonds is 12.